The van der Waals surface area contributed by atoms with Gasteiger partial charge in [-0.1, -0.05) is 31.0 Å². The first-order valence-electron chi connectivity index (χ1n) is 6.40. The van der Waals surface area contributed by atoms with E-state index in [4.69, 9.17) is 5.73 Å². The van der Waals surface area contributed by atoms with E-state index in [9.17, 15) is 0 Å². The van der Waals surface area contributed by atoms with Gasteiger partial charge in [0.2, 0.25) is 0 Å². The molecule has 1 aliphatic rings. The zero-order chi connectivity index (χ0) is 11.8. The van der Waals surface area contributed by atoms with Gasteiger partial charge in [0.05, 0.1) is 11.2 Å². The molecule has 1 aromatic heterocycles. The van der Waals surface area contributed by atoms with Crippen LogP contribution in [0.4, 0.5) is 0 Å². The van der Waals surface area contributed by atoms with Crippen LogP contribution in [0, 0.1) is 5.92 Å². The van der Waals surface area contributed by atoms with Crippen LogP contribution in [0.15, 0.2) is 24.3 Å². The molecule has 1 heterocycles. The summed E-state index contributed by atoms with van der Waals surface area (Å²) in [6, 6.07) is 8.64. The van der Waals surface area contributed by atoms with Crippen LogP contribution in [0.3, 0.4) is 0 Å². The Bertz CT molecular complexity index is 525. The summed E-state index contributed by atoms with van der Waals surface area (Å²) in [7, 11) is 2.00. The fourth-order valence-corrected chi connectivity index (χ4v) is 2.55. The number of aryl methyl sites for hydroxylation is 1. The Labute approximate surface area is 102 Å². The molecule has 17 heavy (non-hydrogen) atoms. The smallest absolute Gasteiger partial charge is 0.0718 e. The molecule has 90 valence electrons. The Morgan fingerprint density at radius 3 is 2.94 bits per heavy atom. The van der Waals surface area contributed by atoms with E-state index in [1.54, 1.807) is 0 Å². The average Bonchev–Trinajstić information content (AvgIpc) is 3.06. The second kappa shape index (κ2) is 4.15. The zero-order valence-corrected chi connectivity index (χ0v) is 10.3. The molecular weight excluding hydrogens is 210 g/mol. The summed E-state index contributed by atoms with van der Waals surface area (Å²) in [4.78, 5) is 0. The maximum atomic E-state index is 6.20. The van der Waals surface area contributed by atoms with Crippen molar-refractivity contribution in [3.05, 3.63) is 30.0 Å². The summed E-state index contributed by atoms with van der Waals surface area (Å²) in [5.41, 5.74) is 8.54. The SMILES string of the molecule is Cn1nc(CC(N)CC2CC2)c2ccccc21. The lowest BCUT2D eigenvalue weighted by atomic mass is 10.0. The number of benzene rings is 1. The zero-order valence-electron chi connectivity index (χ0n) is 10.3. The van der Waals surface area contributed by atoms with E-state index in [2.05, 4.69) is 29.4 Å². The number of fused-ring (bicyclic) bond motifs is 1. The molecule has 0 bridgehead atoms. The number of hydrogen-bond acceptors (Lipinski definition) is 2. The number of para-hydroxylation sites is 1. The highest BCUT2D eigenvalue weighted by Crippen LogP contribution is 2.33. The monoisotopic (exact) mass is 229 g/mol. The quantitative estimate of drug-likeness (QED) is 0.873. The standard InChI is InChI=1S/C14H19N3/c1-17-14-5-3-2-4-12(14)13(16-17)9-11(15)8-10-6-7-10/h2-5,10-11H,6-9,15H2,1H3. The Morgan fingerprint density at radius 1 is 1.41 bits per heavy atom. The van der Waals surface area contributed by atoms with Gasteiger partial charge in [0.1, 0.15) is 0 Å². The average molecular weight is 229 g/mol. The third-order valence-corrected chi connectivity index (χ3v) is 3.62. The molecule has 0 radical (unpaired) electrons. The lowest BCUT2D eigenvalue weighted by Crippen LogP contribution is -2.23. The fourth-order valence-electron chi connectivity index (χ4n) is 2.55. The number of nitrogens with zero attached hydrogens (tertiary/aromatic N) is 2. The van der Waals surface area contributed by atoms with Gasteiger partial charge in [-0.05, 0) is 18.4 Å². The third-order valence-electron chi connectivity index (χ3n) is 3.62. The Kier molecular flexibility index (Phi) is 2.63. The second-order valence-electron chi connectivity index (χ2n) is 5.23. The first-order valence-corrected chi connectivity index (χ1v) is 6.40. The van der Waals surface area contributed by atoms with Crippen LogP contribution in [0.25, 0.3) is 10.9 Å². The van der Waals surface area contributed by atoms with Gasteiger partial charge in [0.15, 0.2) is 0 Å². The highest BCUT2D eigenvalue weighted by Gasteiger charge is 2.24. The van der Waals surface area contributed by atoms with Crippen LogP contribution in [0.2, 0.25) is 0 Å². The van der Waals surface area contributed by atoms with E-state index in [0.717, 1.165) is 24.5 Å². The molecule has 2 aromatic rings. The Balaban J connectivity index is 1.83. The molecular formula is C14H19N3. The van der Waals surface area contributed by atoms with Crippen molar-refractivity contribution in [1.29, 1.82) is 0 Å². The molecule has 0 spiro atoms. The first kappa shape index (κ1) is 10.8. The topological polar surface area (TPSA) is 43.8 Å². The predicted molar refractivity (Wildman–Crippen MR) is 69.7 cm³/mol. The van der Waals surface area contributed by atoms with Gasteiger partial charge in [-0.2, -0.15) is 5.10 Å². The van der Waals surface area contributed by atoms with Crippen molar-refractivity contribution < 1.29 is 0 Å². The van der Waals surface area contributed by atoms with Crippen molar-refractivity contribution in [3.63, 3.8) is 0 Å². The lowest BCUT2D eigenvalue weighted by molar-refractivity contribution is 0.558. The van der Waals surface area contributed by atoms with Crippen molar-refractivity contribution in [2.24, 2.45) is 18.7 Å². The number of aromatic nitrogens is 2. The molecule has 1 saturated carbocycles. The summed E-state index contributed by atoms with van der Waals surface area (Å²) >= 11 is 0. The van der Waals surface area contributed by atoms with Crippen molar-refractivity contribution in [2.75, 3.05) is 0 Å². The van der Waals surface area contributed by atoms with Gasteiger partial charge in [-0.25, -0.2) is 0 Å². The minimum atomic E-state index is 0.265. The summed E-state index contributed by atoms with van der Waals surface area (Å²) in [5.74, 6) is 0.889. The number of nitrogens with two attached hydrogens (primary N) is 1. The molecule has 2 N–H and O–H groups in total. The van der Waals surface area contributed by atoms with Crippen molar-refractivity contribution in [3.8, 4) is 0 Å². The summed E-state index contributed by atoms with van der Waals surface area (Å²) in [6.07, 6.45) is 4.80. The predicted octanol–water partition coefficient (Wildman–Crippen LogP) is 2.24. The molecule has 1 aromatic carbocycles. The van der Waals surface area contributed by atoms with Crippen molar-refractivity contribution in [1.82, 2.24) is 9.78 Å². The largest absolute Gasteiger partial charge is 0.327 e. The maximum Gasteiger partial charge on any atom is 0.0718 e. The minimum Gasteiger partial charge on any atom is -0.327 e. The van der Waals surface area contributed by atoms with E-state index >= 15 is 0 Å². The molecule has 1 atom stereocenters. The van der Waals surface area contributed by atoms with E-state index in [-0.39, 0.29) is 6.04 Å². The maximum absolute atomic E-state index is 6.20. The lowest BCUT2D eigenvalue weighted by Gasteiger charge is -2.08. The van der Waals surface area contributed by atoms with Gasteiger partial charge >= 0.3 is 0 Å². The summed E-state index contributed by atoms with van der Waals surface area (Å²) in [5, 5.41) is 5.85. The molecule has 3 nitrogen and oxygen atoms in total. The molecule has 3 heteroatoms. The third kappa shape index (κ3) is 2.20. The van der Waals surface area contributed by atoms with Gasteiger partial charge in [-0.15, -0.1) is 0 Å². The summed E-state index contributed by atoms with van der Waals surface area (Å²) < 4.78 is 1.95. The molecule has 0 amide bonds. The van der Waals surface area contributed by atoms with Crippen molar-refractivity contribution >= 4 is 10.9 Å². The van der Waals surface area contributed by atoms with Crippen LogP contribution < -0.4 is 5.73 Å². The van der Waals surface area contributed by atoms with Crippen LogP contribution in [-0.4, -0.2) is 15.8 Å². The normalized spacial score (nSPS) is 17.5. The minimum absolute atomic E-state index is 0.265. The second-order valence-corrected chi connectivity index (χ2v) is 5.23. The highest BCUT2D eigenvalue weighted by atomic mass is 15.3. The van der Waals surface area contributed by atoms with Gasteiger partial charge in [-0.3, -0.25) is 4.68 Å². The van der Waals surface area contributed by atoms with Crippen LogP contribution in [0.1, 0.15) is 25.0 Å². The molecule has 1 unspecified atom stereocenters. The molecule has 1 fully saturated rings. The molecule has 0 aliphatic heterocycles. The van der Waals surface area contributed by atoms with E-state index in [1.165, 1.54) is 23.7 Å². The highest BCUT2D eigenvalue weighted by molar-refractivity contribution is 5.81. The number of rotatable bonds is 4. The van der Waals surface area contributed by atoms with Gasteiger partial charge in [0, 0.05) is 24.9 Å². The Hall–Kier alpha value is -1.35. The van der Waals surface area contributed by atoms with Crippen molar-refractivity contribution in [2.45, 2.75) is 31.7 Å². The molecule has 3 rings (SSSR count). The summed E-state index contributed by atoms with van der Waals surface area (Å²) in [6.45, 7) is 0. The first-order chi connectivity index (χ1) is 8.24. The van der Waals surface area contributed by atoms with Gasteiger partial charge < -0.3 is 5.73 Å². The van der Waals surface area contributed by atoms with Crippen LogP contribution in [-0.2, 0) is 13.5 Å². The molecule has 1 aliphatic carbocycles. The fraction of sp³-hybridized carbons (Fsp3) is 0.500. The molecule has 0 saturated heterocycles. The number of hydrogen-bond donors (Lipinski definition) is 1. The van der Waals surface area contributed by atoms with E-state index in [1.807, 2.05) is 11.7 Å². The van der Waals surface area contributed by atoms with Crippen LogP contribution >= 0.6 is 0 Å². The van der Waals surface area contributed by atoms with E-state index in [0.29, 0.717) is 0 Å². The van der Waals surface area contributed by atoms with Crippen LogP contribution in [0.5, 0.6) is 0 Å². The Morgan fingerprint density at radius 2 is 2.18 bits per heavy atom. The van der Waals surface area contributed by atoms with Gasteiger partial charge in [0.25, 0.3) is 0 Å². The van der Waals surface area contributed by atoms with E-state index < -0.39 is 0 Å².